The molecular formula is C27H20Cl2N4O2. The van der Waals surface area contributed by atoms with Crippen molar-refractivity contribution in [2.45, 2.75) is 25.4 Å². The molecule has 1 spiro atoms. The molecule has 8 heteroatoms. The van der Waals surface area contributed by atoms with Gasteiger partial charge in [-0.2, -0.15) is 15.2 Å². The molecule has 0 bridgehead atoms. The topological polar surface area (TPSA) is 59.7 Å². The standard InChI is InChI=1S/C27H20Cl2N4O2/c1-16-23-24(18-6-4-3-5-7-18)27(35-25(23)32(30-16)21-12-8-19(28)9-13-21)17(2)31-33(26(27)34)22-14-10-20(29)11-15-22/h3-15,24H,1-2H3. The van der Waals surface area contributed by atoms with Gasteiger partial charge in [0.05, 0.1) is 28.7 Å². The van der Waals surface area contributed by atoms with E-state index in [9.17, 15) is 4.79 Å². The molecule has 1 amide bonds. The molecule has 0 saturated carbocycles. The van der Waals surface area contributed by atoms with Gasteiger partial charge in [0.1, 0.15) is 0 Å². The van der Waals surface area contributed by atoms with Gasteiger partial charge in [-0.25, -0.2) is 4.68 Å². The van der Waals surface area contributed by atoms with Gasteiger partial charge < -0.3 is 4.74 Å². The van der Waals surface area contributed by atoms with Gasteiger partial charge in [-0.05, 0) is 67.9 Å². The average molecular weight is 503 g/mol. The van der Waals surface area contributed by atoms with E-state index in [0.717, 1.165) is 22.5 Å². The van der Waals surface area contributed by atoms with Crippen LogP contribution in [0.1, 0.15) is 29.7 Å². The third-order valence-corrected chi connectivity index (χ3v) is 7.09. The first kappa shape index (κ1) is 21.9. The number of anilines is 1. The van der Waals surface area contributed by atoms with Crippen LogP contribution in [0.5, 0.6) is 5.88 Å². The zero-order valence-corrected chi connectivity index (χ0v) is 20.5. The molecule has 2 atom stereocenters. The predicted octanol–water partition coefficient (Wildman–Crippen LogP) is 6.17. The van der Waals surface area contributed by atoms with E-state index < -0.39 is 11.5 Å². The fourth-order valence-electron chi connectivity index (χ4n) is 4.96. The Bertz CT molecular complexity index is 1480. The van der Waals surface area contributed by atoms with Gasteiger partial charge in [0.2, 0.25) is 11.5 Å². The smallest absolute Gasteiger partial charge is 0.298 e. The molecule has 0 saturated heterocycles. The maximum absolute atomic E-state index is 14.2. The quantitative estimate of drug-likeness (QED) is 0.336. The largest absolute Gasteiger partial charge is 0.453 e. The Balaban J connectivity index is 1.54. The van der Waals surface area contributed by atoms with E-state index in [1.54, 1.807) is 41.1 Å². The van der Waals surface area contributed by atoms with Crippen molar-refractivity contribution in [3.05, 3.63) is 106 Å². The third kappa shape index (κ3) is 3.21. The van der Waals surface area contributed by atoms with E-state index in [0.29, 0.717) is 27.3 Å². The zero-order valence-electron chi connectivity index (χ0n) is 18.9. The molecule has 6 nitrogen and oxygen atoms in total. The summed E-state index contributed by atoms with van der Waals surface area (Å²) in [4.78, 5) is 14.2. The predicted molar refractivity (Wildman–Crippen MR) is 137 cm³/mol. The molecule has 2 unspecified atom stereocenters. The van der Waals surface area contributed by atoms with Crippen LogP contribution in [0.15, 0.2) is 84.0 Å². The van der Waals surface area contributed by atoms with Crippen LogP contribution < -0.4 is 9.75 Å². The van der Waals surface area contributed by atoms with Crippen molar-refractivity contribution in [2.24, 2.45) is 5.10 Å². The summed E-state index contributed by atoms with van der Waals surface area (Å²) < 4.78 is 8.41. The maximum atomic E-state index is 14.2. The Morgan fingerprint density at radius 2 is 1.46 bits per heavy atom. The third-order valence-electron chi connectivity index (χ3n) is 6.59. The second kappa shape index (κ2) is 7.97. The number of hydrogen-bond acceptors (Lipinski definition) is 4. The van der Waals surface area contributed by atoms with Gasteiger partial charge in [-0.3, -0.25) is 4.79 Å². The van der Waals surface area contributed by atoms with E-state index in [4.69, 9.17) is 33.0 Å². The number of aromatic nitrogens is 2. The van der Waals surface area contributed by atoms with E-state index in [1.807, 2.05) is 56.3 Å². The number of hydrogen-bond donors (Lipinski definition) is 0. The lowest BCUT2D eigenvalue weighted by atomic mass is 9.76. The van der Waals surface area contributed by atoms with Crippen LogP contribution in [-0.2, 0) is 4.79 Å². The number of nitrogens with zero attached hydrogens (tertiary/aromatic N) is 4. The summed E-state index contributed by atoms with van der Waals surface area (Å²) in [5, 5.41) is 12.1. The maximum Gasteiger partial charge on any atom is 0.298 e. The summed E-state index contributed by atoms with van der Waals surface area (Å²) in [7, 11) is 0. The lowest BCUT2D eigenvalue weighted by molar-refractivity contribution is -0.127. The van der Waals surface area contributed by atoms with Gasteiger partial charge in [0, 0.05) is 15.6 Å². The number of carbonyl (C=O) groups excluding carboxylic acids is 1. The highest BCUT2D eigenvalue weighted by atomic mass is 35.5. The molecule has 4 aromatic rings. The van der Waals surface area contributed by atoms with Crippen LogP contribution in [-0.4, -0.2) is 27.0 Å². The van der Waals surface area contributed by atoms with Crippen LogP contribution in [0.4, 0.5) is 5.69 Å². The van der Waals surface area contributed by atoms with Gasteiger partial charge in [0.15, 0.2) is 0 Å². The Kier molecular flexibility index (Phi) is 4.99. The highest BCUT2D eigenvalue weighted by Crippen LogP contribution is 2.53. The number of hydrazone groups is 1. The molecule has 0 radical (unpaired) electrons. The first-order valence-electron chi connectivity index (χ1n) is 11.2. The number of ether oxygens (including phenoxy) is 1. The van der Waals surface area contributed by atoms with Gasteiger partial charge in [-0.1, -0.05) is 53.5 Å². The second-order valence-corrected chi connectivity index (χ2v) is 9.53. The second-order valence-electron chi connectivity index (χ2n) is 8.65. The normalized spacial score (nSPS) is 20.8. The number of aryl methyl sites for hydroxylation is 1. The lowest BCUT2D eigenvalue weighted by Gasteiger charge is -2.30. The zero-order chi connectivity index (χ0) is 24.3. The minimum absolute atomic E-state index is 0.260. The number of benzene rings is 3. The number of halogens is 2. The molecule has 0 fully saturated rings. The number of rotatable bonds is 3. The molecule has 2 aliphatic heterocycles. The average Bonchev–Trinajstić information content (AvgIpc) is 3.47. The summed E-state index contributed by atoms with van der Waals surface area (Å²) in [5.41, 5.74) is 3.25. The van der Waals surface area contributed by atoms with Crippen molar-refractivity contribution >= 4 is 40.5 Å². The first-order chi connectivity index (χ1) is 16.9. The summed E-state index contributed by atoms with van der Waals surface area (Å²) in [6.45, 7) is 3.78. The molecule has 0 aliphatic carbocycles. The van der Waals surface area contributed by atoms with Crippen molar-refractivity contribution in [3.8, 4) is 11.6 Å². The van der Waals surface area contributed by atoms with Crippen LogP contribution in [0.2, 0.25) is 10.0 Å². The highest BCUT2D eigenvalue weighted by Gasteiger charge is 2.64. The number of carbonyl (C=O) groups is 1. The first-order valence-corrected chi connectivity index (χ1v) is 11.9. The monoisotopic (exact) mass is 502 g/mol. The van der Waals surface area contributed by atoms with Gasteiger partial charge >= 0.3 is 0 Å². The van der Waals surface area contributed by atoms with Crippen molar-refractivity contribution in [1.82, 2.24) is 9.78 Å². The molecule has 3 aromatic carbocycles. The lowest BCUT2D eigenvalue weighted by Crippen LogP contribution is -2.53. The van der Waals surface area contributed by atoms with E-state index in [-0.39, 0.29) is 5.91 Å². The van der Waals surface area contributed by atoms with E-state index >= 15 is 0 Å². The van der Waals surface area contributed by atoms with Gasteiger partial charge in [0.25, 0.3) is 5.91 Å². The van der Waals surface area contributed by atoms with Crippen LogP contribution in [0.3, 0.4) is 0 Å². The van der Waals surface area contributed by atoms with Crippen molar-refractivity contribution in [1.29, 1.82) is 0 Å². The minimum atomic E-state index is -1.34. The molecule has 3 heterocycles. The number of amides is 1. The van der Waals surface area contributed by atoms with Crippen molar-refractivity contribution in [3.63, 3.8) is 0 Å². The Hall–Kier alpha value is -3.61. The Morgan fingerprint density at radius 3 is 2.09 bits per heavy atom. The molecule has 35 heavy (non-hydrogen) atoms. The SMILES string of the molecule is CC1=NN(c2ccc(Cl)cc2)C(=O)C12Oc1c(c(C)nn1-c1ccc(Cl)cc1)C2c1ccccc1. The van der Waals surface area contributed by atoms with Crippen LogP contribution in [0, 0.1) is 6.92 Å². The van der Waals surface area contributed by atoms with Crippen molar-refractivity contribution in [2.75, 3.05) is 5.01 Å². The molecule has 2 aliphatic rings. The summed E-state index contributed by atoms with van der Waals surface area (Å²) in [6, 6.07) is 24.3. The number of fused-ring (bicyclic) bond motifs is 1. The molecule has 1 aromatic heterocycles. The van der Waals surface area contributed by atoms with Gasteiger partial charge in [-0.15, -0.1) is 0 Å². The summed E-state index contributed by atoms with van der Waals surface area (Å²) in [5.74, 6) is -0.155. The molecule has 0 N–H and O–H groups in total. The fraction of sp³-hybridized carbons (Fsp3) is 0.148. The van der Waals surface area contributed by atoms with Crippen molar-refractivity contribution < 1.29 is 9.53 Å². The Morgan fingerprint density at radius 1 is 0.857 bits per heavy atom. The fourth-order valence-corrected chi connectivity index (χ4v) is 5.21. The van der Waals surface area contributed by atoms with E-state index in [1.165, 1.54) is 5.01 Å². The Labute approximate surface area is 212 Å². The molecule has 174 valence electrons. The molecule has 6 rings (SSSR count). The van der Waals surface area contributed by atoms with E-state index in [2.05, 4.69) is 5.10 Å². The molecular weight excluding hydrogens is 483 g/mol. The van der Waals surface area contributed by atoms with Crippen LogP contribution in [0.25, 0.3) is 5.69 Å². The highest BCUT2D eigenvalue weighted by molar-refractivity contribution is 6.31. The minimum Gasteiger partial charge on any atom is -0.453 e. The summed E-state index contributed by atoms with van der Waals surface area (Å²) in [6.07, 6.45) is 0. The van der Waals surface area contributed by atoms with Crippen LogP contribution >= 0.6 is 23.2 Å². The summed E-state index contributed by atoms with van der Waals surface area (Å²) >= 11 is 12.2.